The fourth-order valence-electron chi connectivity index (χ4n) is 2.97. The Balaban J connectivity index is 2.17. The molecule has 0 saturated heterocycles. The minimum absolute atomic E-state index is 0.159. The molecule has 22 heavy (non-hydrogen) atoms. The molecular weight excluding hydrogens is 287 g/mol. The number of ether oxygens (including phenoxy) is 1. The standard InChI is InChI=1S/C17H13FO4/c1-22-17(21)9-2-4-11-12-5-3-10(18)7-14(12)15(8-16(19)20)13(11)6-9/h2-7,15H,8H2,1H3,(H,19,20). The number of rotatable bonds is 3. The number of fused-ring (bicyclic) bond motifs is 3. The summed E-state index contributed by atoms with van der Waals surface area (Å²) in [5.41, 5.74) is 3.34. The first-order valence-electron chi connectivity index (χ1n) is 6.75. The molecule has 2 aromatic rings. The number of hydrogen-bond acceptors (Lipinski definition) is 3. The van der Waals surface area contributed by atoms with E-state index in [2.05, 4.69) is 0 Å². The highest BCUT2D eigenvalue weighted by molar-refractivity contribution is 5.92. The average Bonchev–Trinajstić information content (AvgIpc) is 2.79. The third-order valence-corrected chi connectivity index (χ3v) is 3.91. The summed E-state index contributed by atoms with van der Waals surface area (Å²) in [5.74, 6) is -2.34. The van der Waals surface area contributed by atoms with Crippen molar-refractivity contribution in [2.45, 2.75) is 12.3 Å². The highest BCUT2D eigenvalue weighted by Gasteiger charge is 2.31. The molecule has 1 aliphatic carbocycles. The van der Waals surface area contributed by atoms with Crippen LogP contribution >= 0.6 is 0 Å². The number of benzene rings is 2. The first kappa shape index (κ1) is 14.3. The fraction of sp³-hybridized carbons (Fsp3) is 0.176. The third kappa shape index (κ3) is 2.24. The van der Waals surface area contributed by atoms with Crippen LogP contribution in [0.4, 0.5) is 4.39 Å². The zero-order chi connectivity index (χ0) is 15.9. The lowest BCUT2D eigenvalue weighted by atomic mass is 9.92. The summed E-state index contributed by atoms with van der Waals surface area (Å²) in [5, 5.41) is 9.13. The molecule has 2 aromatic carbocycles. The van der Waals surface area contributed by atoms with Crippen molar-refractivity contribution in [3.63, 3.8) is 0 Å². The van der Waals surface area contributed by atoms with Gasteiger partial charge in [-0.1, -0.05) is 12.1 Å². The van der Waals surface area contributed by atoms with E-state index in [9.17, 15) is 14.0 Å². The summed E-state index contributed by atoms with van der Waals surface area (Å²) in [4.78, 5) is 22.8. The van der Waals surface area contributed by atoms with E-state index in [1.54, 1.807) is 24.3 Å². The van der Waals surface area contributed by atoms with Crippen molar-refractivity contribution in [3.8, 4) is 11.1 Å². The molecule has 0 saturated carbocycles. The topological polar surface area (TPSA) is 63.6 Å². The molecule has 112 valence electrons. The van der Waals surface area contributed by atoms with Crippen LogP contribution in [0.2, 0.25) is 0 Å². The van der Waals surface area contributed by atoms with Gasteiger partial charge in [0.2, 0.25) is 0 Å². The van der Waals surface area contributed by atoms with Gasteiger partial charge in [-0.3, -0.25) is 4.79 Å². The number of methoxy groups -OCH3 is 1. The summed E-state index contributed by atoms with van der Waals surface area (Å²) in [6.07, 6.45) is -0.159. The number of esters is 1. The van der Waals surface area contributed by atoms with Crippen LogP contribution in [0.15, 0.2) is 36.4 Å². The van der Waals surface area contributed by atoms with Gasteiger partial charge in [-0.25, -0.2) is 9.18 Å². The van der Waals surface area contributed by atoms with Crippen LogP contribution in [0.5, 0.6) is 0 Å². The van der Waals surface area contributed by atoms with E-state index in [1.165, 1.54) is 19.2 Å². The van der Waals surface area contributed by atoms with Crippen LogP contribution in [-0.2, 0) is 9.53 Å². The number of halogens is 1. The first-order valence-corrected chi connectivity index (χ1v) is 6.75. The number of carbonyl (C=O) groups is 2. The Bertz CT molecular complexity index is 782. The van der Waals surface area contributed by atoms with Crippen molar-refractivity contribution >= 4 is 11.9 Å². The quantitative estimate of drug-likeness (QED) is 0.884. The van der Waals surface area contributed by atoms with Crippen molar-refractivity contribution in [1.82, 2.24) is 0 Å². The van der Waals surface area contributed by atoms with Crippen LogP contribution in [0, 0.1) is 5.82 Å². The molecule has 0 fully saturated rings. The molecule has 0 amide bonds. The smallest absolute Gasteiger partial charge is 0.337 e. The van der Waals surface area contributed by atoms with Gasteiger partial charge < -0.3 is 9.84 Å². The molecule has 0 bridgehead atoms. The summed E-state index contributed by atoms with van der Waals surface area (Å²) >= 11 is 0. The van der Waals surface area contributed by atoms with Gasteiger partial charge in [-0.2, -0.15) is 0 Å². The lowest BCUT2D eigenvalue weighted by molar-refractivity contribution is -0.137. The Morgan fingerprint density at radius 3 is 2.41 bits per heavy atom. The summed E-state index contributed by atoms with van der Waals surface area (Å²) in [6.45, 7) is 0. The van der Waals surface area contributed by atoms with Gasteiger partial charge in [0.25, 0.3) is 0 Å². The number of carboxylic acid groups (broad SMARTS) is 1. The van der Waals surface area contributed by atoms with Crippen molar-refractivity contribution in [2.75, 3.05) is 7.11 Å². The third-order valence-electron chi connectivity index (χ3n) is 3.91. The second-order valence-corrected chi connectivity index (χ2v) is 5.18. The zero-order valence-electron chi connectivity index (χ0n) is 11.8. The largest absolute Gasteiger partial charge is 0.481 e. The minimum Gasteiger partial charge on any atom is -0.481 e. The Kier molecular flexibility index (Phi) is 3.41. The Hall–Kier alpha value is -2.69. The molecule has 1 N–H and O–H groups in total. The van der Waals surface area contributed by atoms with Crippen LogP contribution in [-0.4, -0.2) is 24.2 Å². The SMILES string of the molecule is COC(=O)c1ccc2c(c1)C(CC(=O)O)c1cc(F)ccc1-2. The number of carbonyl (C=O) groups excluding carboxylic acids is 1. The molecule has 1 aliphatic rings. The lowest BCUT2D eigenvalue weighted by Crippen LogP contribution is -2.07. The fourth-order valence-corrected chi connectivity index (χ4v) is 2.97. The van der Waals surface area contributed by atoms with Gasteiger partial charge in [-0.15, -0.1) is 0 Å². The van der Waals surface area contributed by atoms with Crippen molar-refractivity contribution in [2.24, 2.45) is 0 Å². The van der Waals surface area contributed by atoms with Gasteiger partial charge in [0.15, 0.2) is 0 Å². The lowest BCUT2D eigenvalue weighted by Gasteiger charge is -2.11. The molecule has 0 radical (unpaired) electrons. The first-order chi connectivity index (χ1) is 10.5. The van der Waals surface area contributed by atoms with E-state index >= 15 is 0 Å². The van der Waals surface area contributed by atoms with Crippen LogP contribution in [0.1, 0.15) is 33.8 Å². The summed E-state index contributed by atoms with van der Waals surface area (Å²) < 4.78 is 18.2. The van der Waals surface area contributed by atoms with Crippen LogP contribution in [0.3, 0.4) is 0 Å². The maximum absolute atomic E-state index is 13.5. The number of hydrogen-bond donors (Lipinski definition) is 1. The second kappa shape index (κ2) is 5.26. The van der Waals surface area contributed by atoms with Crippen LogP contribution < -0.4 is 0 Å². The monoisotopic (exact) mass is 300 g/mol. The highest BCUT2D eigenvalue weighted by Crippen LogP contribution is 2.46. The minimum atomic E-state index is -0.975. The molecular formula is C17H13FO4. The van der Waals surface area contributed by atoms with E-state index in [1.807, 2.05) is 0 Å². The van der Waals surface area contributed by atoms with E-state index in [0.717, 1.165) is 11.1 Å². The molecule has 4 nitrogen and oxygen atoms in total. The zero-order valence-corrected chi connectivity index (χ0v) is 11.8. The van der Waals surface area contributed by atoms with E-state index in [-0.39, 0.29) is 6.42 Å². The predicted molar refractivity (Wildman–Crippen MR) is 77.3 cm³/mol. The molecule has 0 heterocycles. The molecule has 0 aromatic heterocycles. The second-order valence-electron chi connectivity index (χ2n) is 5.18. The molecule has 3 rings (SSSR count). The van der Waals surface area contributed by atoms with Gasteiger partial charge in [-0.05, 0) is 46.5 Å². The molecule has 0 aliphatic heterocycles. The van der Waals surface area contributed by atoms with E-state index in [4.69, 9.17) is 9.84 Å². The molecule has 0 spiro atoms. The Morgan fingerprint density at radius 1 is 1.14 bits per heavy atom. The Labute approximate surface area is 126 Å². The van der Waals surface area contributed by atoms with Gasteiger partial charge >= 0.3 is 11.9 Å². The highest BCUT2D eigenvalue weighted by atomic mass is 19.1. The van der Waals surface area contributed by atoms with E-state index < -0.39 is 23.7 Å². The summed E-state index contributed by atoms with van der Waals surface area (Å²) in [7, 11) is 1.29. The molecule has 5 heteroatoms. The predicted octanol–water partition coefficient (Wildman–Crippen LogP) is 3.20. The molecule has 1 atom stereocenters. The normalized spacial score (nSPS) is 15.1. The maximum atomic E-state index is 13.5. The maximum Gasteiger partial charge on any atom is 0.337 e. The van der Waals surface area contributed by atoms with E-state index in [0.29, 0.717) is 16.7 Å². The number of carboxylic acids is 1. The van der Waals surface area contributed by atoms with Gasteiger partial charge in [0, 0.05) is 5.92 Å². The number of aliphatic carboxylic acids is 1. The van der Waals surface area contributed by atoms with Crippen molar-refractivity contribution < 1.29 is 23.8 Å². The molecule has 1 unspecified atom stereocenters. The average molecular weight is 300 g/mol. The summed E-state index contributed by atoms with van der Waals surface area (Å²) in [6, 6.07) is 9.36. The van der Waals surface area contributed by atoms with Crippen LogP contribution in [0.25, 0.3) is 11.1 Å². The van der Waals surface area contributed by atoms with Crippen molar-refractivity contribution in [3.05, 3.63) is 58.9 Å². The van der Waals surface area contributed by atoms with Gasteiger partial charge in [0.1, 0.15) is 5.82 Å². The van der Waals surface area contributed by atoms with Gasteiger partial charge in [0.05, 0.1) is 19.1 Å². The van der Waals surface area contributed by atoms with Crippen molar-refractivity contribution in [1.29, 1.82) is 0 Å². The Morgan fingerprint density at radius 2 is 1.77 bits per heavy atom.